The third-order valence-corrected chi connectivity index (χ3v) is 4.68. The highest BCUT2D eigenvalue weighted by Gasteiger charge is 2.25. The summed E-state index contributed by atoms with van der Waals surface area (Å²) in [6.07, 6.45) is 4.20. The molecule has 3 aromatic heterocycles. The summed E-state index contributed by atoms with van der Waals surface area (Å²) in [6.45, 7) is 8.86. The molecule has 1 aliphatic rings. The second-order valence-electron chi connectivity index (χ2n) is 6.67. The first-order valence-electron chi connectivity index (χ1n) is 8.43. The lowest BCUT2D eigenvalue weighted by Gasteiger charge is -2.29. The maximum absolute atomic E-state index is 5.32. The van der Waals surface area contributed by atoms with Crippen LogP contribution in [0.15, 0.2) is 16.8 Å². The van der Waals surface area contributed by atoms with E-state index in [4.69, 9.17) is 4.52 Å². The van der Waals surface area contributed by atoms with E-state index in [0.717, 1.165) is 61.4 Å². The van der Waals surface area contributed by atoms with Crippen LogP contribution in [-0.4, -0.2) is 42.5 Å². The largest absolute Gasteiger partial charge is 0.339 e. The zero-order chi connectivity index (χ0) is 16.7. The molecule has 24 heavy (non-hydrogen) atoms. The number of imidazole rings is 1. The minimum Gasteiger partial charge on any atom is -0.339 e. The highest BCUT2D eigenvalue weighted by atomic mass is 16.5. The van der Waals surface area contributed by atoms with Crippen LogP contribution in [0.25, 0.3) is 5.78 Å². The normalized spacial score (nSPS) is 17.0. The molecule has 1 fully saturated rings. The van der Waals surface area contributed by atoms with Gasteiger partial charge in [-0.1, -0.05) is 5.16 Å². The summed E-state index contributed by atoms with van der Waals surface area (Å²) in [5.41, 5.74) is 3.25. The molecule has 4 heterocycles. The third-order valence-electron chi connectivity index (χ3n) is 4.68. The molecule has 0 aliphatic carbocycles. The minimum absolute atomic E-state index is 0.384. The van der Waals surface area contributed by atoms with Crippen molar-refractivity contribution in [2.75, 3.05) is 13.1 Å². The number of aromatic nitrogens is 5. The van der Waals surface area contributed by atoms with Gasteiger partial charge >= 0.3 is 0 Å². The molecule has 3 aromatic rings. The molecule has 7 nitrogen and oxygen atoms in total. The average molecular weight is 326 g/mol. The topological polar surface area (TPSA) is 72.3 Å². The minimum atomic E-state index is 0.384. The van der Waals surface area contributed by atoms with E-state index >= 15 is 0 Å². The summed E-state index contributed by atoms with van der Waals surface area (Å²) >= 11 is 0. The van der Waals surface area contributed by atoms with E-state index < -0.39 is 0 Å². The van der Waals surface area contributed by atoms with E-state index in [1.54, 1.807) is 0 Å². The fourth-order valence-corrected chi connectivity index (χ4v) is 3.44. The Morgan fingerprint density at radius 1 is 1.12 bits per heavy atom. The first-order valence-corrected chi connectivity index (χ1v) is 8.43. The predicted molar refractivity (Wildman–Crippen MR) is 88.7 cm³/mol. The van der Waals surface area contributed by atoms with E-state index in [0.29, 0.717) is 5.92 Å². The molecule has 126 valence electrons. The number of fused-ring (bicyclic) bond motifs is 1. The molecule has 0 amide bonds. The zero-order valence-corrected chi connectivity index (χ0v) is 14.4. The van der Waals surface area contributed by atoms with Gasteiger partial charge in [0.2, 0.25) is 11.7 Å². The van der Waals surface area contributed by atoms with E-state index in [1.807, 2.05) is 13.8 Å². The Morgan fingerprint density at radius 3 is 2.62 bits per heavy atom. The molecule has 0 bridgehead atoms. The van der Waals surface area contributed by atoms with Gasteiger partial charge in [-0.25, -0.2) is 9.97 Å². The SMILES string of the molecule is Cc1cc(C)n2cc(CN3CCC(c4nc(C)no4)CC3)nc2n1. The Bertz CT molecular complexity index is 859. The Hall–Kier alpha value is -2.28. The van der Waals surface area contributed by atoms with Gasteiger partial charge in [-0.2, -0.15) is 4.98 Å². The fraction of sp³-hybridized carbons (Fsp3) is 0.529. The summed E-state index contributed by atoms with van der Waals surface area (Å²) in [7, 11) is 0. The van der Waals surface area contributed by atoms with Gasteiger partial charge in [-0.15, -0.1) is 0 Å². The maximum Gasteiger partial charge on any atom is 0.234 e. The van der Waals surface area contributed by atoms with Gasteiger partial charge in [-0.3, -0.25) is 9.30 Å². The lowest BCUT2D eigenvalue weighted by atomic mass is 9.97. The predicted octanol–water partition coefficient (Wildman–Crippen LogP) is 2.42. The number of nitrogens with zero attached hydrogens (tertiary/aromatic N) is 6. The number of rotatable bonds is 3. The second-order valence-corrected chi connectivity index (χ2v) is 6.67. The van der Waals surface area contributed by atoms with E-state index in [1.165, 1.54) is 5.69 Å². The van der Waals surface area contributed by atoms with Crippen molar-refractivity contribution < 1.29 is 4.52 Å². The highest BCUT2D eigenvalue weighted by molar-refractivity contribution is 5.34. The number of piperidine rings is 1. The maximum atomic E-state index is 5.32. The van der Waals surface area contributed by atoms with Crippen LogP contribution in [0, 0.1) is 20.8 Å². The zero-order valence-electron chi connectivity index (χ0n) is 14.4. The van der Waals surface area contributed by atoms with Crippen LogP contribution >= 0.6 is 0 Å². The number of hydrogen-bond donors (Lipinski definition) is 0. The third kappa shape index (κ3) is 2.91. The van der Waals surface area contributed by atoms with Crippen molar-refractivity contribution in [3.05, 3.63) is 41.1 Å². The van der Waals surface area contributed by atoms with Crippen molar-refractivity contribution in [2.24, 2.45) is 0 Å². The highest BCUT2D eigenvalue weighted by Crippen LogP contribution is 2.27. The Labute approximate surface area is 140 Å². The molecule has 0 spiro atoms. The van der Waals surface area contributed by atoms with Crippen LogP contribution in [0.4, 0.5) is 0 Å². The molecular formula is C17H22N6O. The van der Waals surface area contributed by atoms with Gasteiger partial charge in [0.15, 0.2) is 5.82 Å². The Balaban J connectivity index is 1.43. The Morgan fingerprint density at radius 2 is 1.92 bits per heavy atom. The van der Waals surface area contributed by atoms with Crippen LogP contribution < -0.4 is 0 Å². The molecule has 0 unspecified atom stereocenters. The summed E-state index contributed by atoms with van der Waals surface area (Å²) in [6, 6.07) is 2.08. The quantitative estimate of drug-likeness (QED) is 0.736. The van der Waals surface area contributed by atoms with Crippen LogP contribution in [0.1, 0.15) is 47.6 Å². The molecular weight excluding hydrogens is 304 g/mol. The number of aryl methyl sites for hydroxylation is 3. The second kappa shape index (κ2) is 5.98. The van der Waals surface area contributed by atoms with Crippen molar-refractivity contribution in [1.82, 2.24) is 29.4 Å². The van der Waals surface area contributed by atoms with E-state index in [2.05, 4.69) is 48.6 Å². The molecule has 7 heteroatoms. The molecule has 0 radical (unpaired) electrons. The van der Waals surface area contributed by atoms with Gasteiger partial charge in [0.25, 0.3) is 0 Å². The van der Waals surface area contributed by atoms with Crippen molar-refractivity contribution in [1.29, 1.82) is 0 Å². The lowest BCUT2D eigenvalue weighted by molar-refractivity contribution is 0.186. The van der Waals surface area contributed by atoms with Crippen molar-refractivity contribution in [2.45, 2.75) is 46.1 Å². The molecule has 0 N–H and O–H groups in total. The first-order chi connectivity index (χ1) is 11.6. The lowest BCUT2D eigenvalue weighted by Crippen LogP contribution is -2.32. The smallest absolute Gasteiger partial charge is 0.234 e. The summed E-state index contributed by atoms with van der Waals surface area (Å²) in [5, 5.41) is 3.90. The Kier molecular flexibility index (Phi) is 3.80. The van der Waals surface area contributed by atoms with Crippen molar-refractivity contribution in [3.63, 3.8) is 0 Å². The van der Waals surface area contributed by atoms with Gasteiger partial charge in [0.05, 0.1) is 5.69 Å². The summed E-state index contributed by atoms with van der Waals surface area (Å²) in [4.78, 5) is 16.0. The molecule has 4 rings (SSSR count). The monoisotopic (exact) mass is 326 g/mol. The molecule has 0 aromatic carbocycles. The van der Waals surface area contributed by atoms with Gasteiger partial charge in [-0.05, 0) is 52.8 Å². The van der Waals surface area contributed by atoms with Crippen LogP contribution in [0.2, 0.25) is 0 Å². The van der Waals surface area contributed by atoms with E-state index in [-0.39, 0.29) is 0 Å². The molecule has 0 atom stereocenters. The number of likely N-dealkylation sites (tertiary alicyclic amines) is 1. The first kappa shape index (κ1) is 15.3. The summed E-state index contributed by atoms with van der Waals surface area (Å²) < 4.78 is 7.38. The van der Waals surface area contributed by atoms with Gasteiger partial charge in [0.1, 0.15) is 0 Å². The average Bonchev–Trinajstić information content (AvgIpc) is 3.14. The summed E-state index contributed by atoms with van der Waals surface area (Å²) in [5.74, 6) is 2.68. The molecule has 1 aliphatic heterocycles. The molecule has 0 saturated carbocycles. The van der Waals surface area contributed by atoms with Crippen LogP contribution in [0.5, 0.6) is 0 Å². The van der Waals surface area contributed by atoms with Crippen LogP contribution in [-0.2, 0) is 6.54 Å². The number of hydrogen-bond acceptors (Lipinski definition) is 6. The van der Waals surface area contributed by atoms with Gasteiger partial charge < -0.3 is 4.52 Å². The van der Waals surface area contributed by atoms with Crippen LogP contribution in [0.3, 0.4) is 0 Å². The fourth-order valence-electron chi connectivity index (χ4n) is 3.44. The van der Waals surface area contributed by atoms with E-state index in [9.17, 15) is 0 Å². The van der Waals surface area contributed by atoms with Crippen molar-refractivity contribution >= 4 is 5.78 Å². The molecule has 1 saturated heterocycles. The standard InChI is InChI=1S/C17H22N6O/c1-11-8-12(2)23-10-15(20-17(23)18-11)9-22-6-4-14(5-7-22)16-19-13(3)21-24-16/h8,10,14H,4-7,9H2,1-3H3. The van der Waals surface area contributed by atoms with Gasteiger partial charge in [0, 0.05) is 30.0 Å². The van der Waals surface area contributed by atoms with Crippen molar-refractivity contribution in [3.8, 4) is 0 Å².